The third-order valence-electron chi connectivity index (χ3n) is 1.40. The number of alkyl halides is 1. The van der Waals surface area contributed by atoms with E-state index in [0.29, 0.717) is 5.88 Å². The maximum absolute atomic E-state index is 10.7. The fourth-order valence-corrected chi connectivity index (χ4v) is 1.10. The molecular formula is C10H13Cl2NO3S. The first-order valence-electron chi connectivity index (χ1n) is 4.54. The van der Waals surface area contributed by atoms with E-state index in [1.54, 1.807) is 0 Å². The minimum absolute atomic E-state index is 0.0678. The van der Waals surface area contributed by atoms with Crippen molar-refractivity contribution >= 4 is 42.9 Å². The van der Waals surface area contributed by atoms with Gasteiger partial charge in [-0.2, -0.15) is 0 Å². The molecule has 17 heavy (non-hydrogen) atoms. The van der Waals surface area contributed by atoms with Crippen LogP contribution in [0.3, 0.4) is 0 Å². The molecule has 1 amide bonds. The highest BCUT2D eigenvalue weighted by Gasteiger charge is 1.95. The van der Waals surface area contributed by atoms with Crippen molar-refractivity contribution < 1.29 is 13.2 Å². The number of rotatable bonds is 2. The molecule has 0 aromatic heterocycles. The van der Waals surface area contributed by atoms with Crippen molar-refractivity contribution in [1.82, 2.24) is 0 Å². The zero-order valence-electron chi connectivity index (χ0n) is 9.41. The van der Waals surface area contributed by atoms with Gasteiger partial charge in [0.25, 0.3) is 0 Å². The van der Waals surface area contributed by atoms with Crippen molar-refractivity contribution in [2.75, 3.05) is 11.6 Å². The van der Waals surface area contributed by atoms with Crippen LogP contribution in [0, 0.1) is 0 Å². The Hall–Kier alpha value is -0.780. The molecular weight excluding hydrogens is 285 g/mol. The van der Waals surface area contributed by atoms with Crippen LogP contribution in [-0.2, 0) is 19.7 Å². The van der Waals surface area contributed by atoms with Crippen LogP contribution in [0.25, 0.3) is 0 Å². The molecule has 0 bridgehead atoms. The summed E-state index contributed by atoms with van der Waals surface area (Å²) in [7, 11) is 1.31. The maximum Gasteiger partial charge on any atom is 0.229 e. The number of hydrogen-bond acceptors (Lipinski definition) is 3. The van der Waals surface area contributed by atoms with Crippen molar-refractivity contribution in [3.05, 3.63) is 29.8 Å². The summed E-state index contributed by atoms with van der Waals surface area (Å²) in [6, 6.07) is 7.47. The molecule has 1 rings (SSSR count). The topological polar surface area (TPSA) is 63.2 Å². The van der Waals surface area contributed by atoms with Crippen LogP contribution in [0.15, 0.2) is 24.3 Å². The van der Waals surface area contributed by atoms with Crippen LogP contribution in [0.1, 0.15) is 12.5 Å². The highest BCUT2D eigenvalue weighted by Crippen LogP contribution is 2.11. The summed E-state index contributed by atoms with van der Waals surface area (Å²) < 4.78 is 18.8. The fraction of sp³-hybridized carbons (Fsp3) is 0.300. The van der Waals surface area contributed by atoms with Gasteiger partial charge in [-0.3, -0.25) is 4.79 Å². The Kier molecular flexibility index (Phi) is 7.18. The predicted octanol–water partition coefficient (Wildman–Crippen LogP) is 2.57. The standard InChI is InChI=1S/C9H10ClNO.CH3ClO2S/c1-7(12)11-9-4-2-3-8(5-9)6-10;1-5(2,3)4/h2-5H,6H2,1H3,(H,11,12);1H3. The molecule has 0 saturated carbocycles. The molecule has 0 aliphatic heterocycles. The van der Waals surface area contributed by atoms with E-state index in [1.165, 1.54) is 6.92 Å². The summed E-state index contributed by atoms with van der Waals surface area (Å²) >= 11 is 5.62. The van der Waals surface area contributed by atoms with Crippen molar-refractivity contribution in [2.24, 2.45) is 0 Å². The molecule has 1 aromatic carbocycles. The fourth-order valence-electron chi connectivity index (χ4n) is 0.935. The first-order valence-corrected chi connectivity index (χ1v) is 7.79. The Balaban J connectivity index is 0.000000437. The lowest BCUT2D eigenvalue weighted by molar-refractivity contribution is -0.114. The zero-order chi connectivity index (χ0) is 13.5. The quantitative estimate of drug-likeness (QED) is 0.674. The first kappa shape index (κ1) is 16.2. The van der Waals surface area contributed by atoms with E-state index in [0.717, 1.165) is 17.5 Å². The summed E-state index contributed by atoms with van der Waals surface area (Å²) in [6.45, 7) is 1.48. The van der Waals surface area contributed by atoms with E-state index in [2.05, 4.69) is 16.0 Å². The maximum atomic E-state index is 10.7. The smallest absolute Gasteiger partial charge is 0.229 e. The summed E-state index contributed by atoms with van der Waals surface area (Å²) in [5.41, 5.74) is 1.79. The van der Waals surface area contributed by atoms with E-state index in [1.807, 2.05) is 24.3 Å². The highest BCUT2D eigenvalue weighted by atomic mass is 35.7. The Morgan fingerprint density at radius 3 is 2.35 bits per heavy atom. The number of halogens is 2. The summed E-state index contributed by atoms with van der Waals surface area (Å²) in [5, 5.41) is 2.68. The van der Waals surface area contributed by atoms with Gasteiger partial charge in [0.1, 0.15) is 0 Å². The third kappa shape index (κ3) is 11.5. The van der Waals surface area contributed by atoms with Gasteiger partial charge in [-0.25, -0.2) is 8.42 Å². The lowest BCUT2D eigenvalue weighted by Gasteiger charge is -2.02. The molecule has 7 heteroatoms. The van der Waals surface area contributed by atoms with Gasteiger partial charge in [0.05, 0.1) is 6.26 Å². The lowest BCUT2D eigenvalue weighted by Crippen LogP contribution is -2.05. The Bertz CT molecular complexity index is 466. The SMILES string of the molecule is CC(=O)Nc1cccc(CCl)c1.CS(=O)(=O)Cl. The van der Waals surface area contributed by atoms with Gasteiger partial charge >= 0.3 is 0 Å². The van der Waals surface area contributed by atoms with Crippen molar-refractivity contribution in [1.29, 1.82) is 0 Å². The number of benzene rings is 1. The average molecular weight is 298 g/mol. The van der Waals surface area contributed by atoms with E-state index in [4.69, 9.17) is 11.6 Å². The second-order valence-corrected chi connectivity index (χ2v) is 6.51. The molecule has 0 atom stereocenters. The molecule has 4 nitrogen and oxygen atoms in total. The Morgan fingerprint density at radius 1 is 1.41 bits per heavy atom. The van der Waals surface area contributed by atoms with Crippen molar-refractivity contribution in [2.45, 2.75) is 12.8 Å². The van der Waals surface area contributed by atoms with Gasteiger partial charge in [-0.15, -0.1) is 11.6 Å². The van der Waals surface area contributed by atoms with Crippen LogP contribution in [-0.4, -0.2) is 20.6 Å². The molecule has 0 heterocycles. The first-order chi connectivity index (χ1) is 7.72. The largest absolute Gasteiger partial charge is 0.326 e. The molecule has 0 spiro atoms. The van der Waals surface area contributed by atoms with Gasteiger partial charge in [0.15, 0.2) is 0 Å². The second-order valence-electron chi connectivity index (χ2n) is 3.20. The molecule has 0 saturated heterocycles. The average Bonchev–Trinajstić information content (AvgIpc) is 2.14. The number of anilines is 1. The Morgan fingerprint density at radius 2 is 1.94 bits per heavy atom. The Labute approximate surface area is 110 Å². The number of hydrogen-bond donors (Lipinski definition) is 1. The third-order valence-corrected chi connectivity index (χ3v) is 1.71. The minimum Gasteiger partial charge on any atom is -0.326 e. The van der Waals surface area contributed by atoms with Crippen LogP contribution >= 0.6 is 22.3 Å². The van der Waals surface area contributed by atoms with E-state index < -0.39 is 9.05 Å². The predicted molar refractivity (Wildman–Crippen MR) is 71.0 cm³/mol. The lowest BCUT2D eigenvalue weighted by atomic mass is 10.2. The minimum atomic E-state index is -3.19. The van der Waals surface area contributed by atoms with Gasteiger partial charge in [-0.05, 0) is 17.7 Å². The summed E-state index contributed by atoms with van der Waals surface area (Å²) in [6.07, 6.45) is 0.925. The second kappa shape index (κ2) is 7.53. The molecule has 0 aliphatic carbocycles. The van der Waals surface area contributed by atoms with Gasteiger partial charge < -0.3 is 5.32 Å². The summed E-state index contributed by atoms with van der Waals surface area (Å²) in [4.78, 5) is 10.7. The number of amides is 1. The molecule has 0 fully saturated rings. The normalized spacial score (nSPS) is 10.1. The van der Waals surface area contributed by atoms with Crippen LogP contribution in [0.4, 0.5) is 5.69 Å². The van der Waals surface area contributed by atoms with E-state index in [9.17, 15) is 13.2 Å². The molecule has 96 valence electrons. The van der Waals surface area contributed by atoms with Crippen molar-refractivity contribution in [3.8, 4) is 0 Å². The molecule has 1 aromatic rings. The van der Waals surface area contributed by atoms with Gasteiger partial charge in [0, 0.05) is 29.2 Å². The molecule has 0 radical (unpaired) electrons. The van der Waals surface area contributed by atoms with Gasteiger partial charge in [-0.1, -0.05) is 12.1 Å². The van der Waals surface area contributed by atoms with Gasteiger partial charge in [0.2, 0.25) is 15.0 Å². The van der Waals surface area contributed by atoms with E-state index >= 15 is 0 Å². The monoisotopic (exact) mass is 297 g/mol. The number of carbonyl (C=O) groups is 1. The molecule has 1 N–H and O–H groups in total. The number of nitrogens with one attached hydrogen (secondary N) is 1. The molecule has 0 unspecified atom stereocenters. The number of carbonyl (C=O) groups excluding carboxylic acids is 1. The van der Waals surface area contributed by atoms with Crippen LogP contribution < -0.4 is 5.32 Å². The van der Waals surface area contributed by atoms with Crippen molar-refractivity contribution in [3.63, 3.8) is 0 Å². The zero-order valence-corrected chi connectivity index (χ0v) is 11.7. The highest BCUT2D eigenvalue weighted by molar-refractivity contribution is 8.13. The molecule has 0 aliphatic rings. The van der Waals surface area contributed by atoms with Crippen LogP contribution in [0.5, 0.6) is 0 Å². The van der Waals surface area contributed by atoms with Crippen LogP contribution in [0.2, 0.25) is 0 Å². The van der Waals surface area contributed by atoms with E-state index in [-0.39, 0.29) is 5.91 Å². The summed E-state index contributed by atoms with van der Waals surface area (Å²) in [5.74, 6) is 0.398.